The largest absolute Gasteiger partial charge is 0.446 e. The van der Waals surface area contributed by atoms with E-state index < -0.39 is 6.04 Å². The molecule has 0 radical (unpaired) electrons. The molecule has 1 unspecified atom stereocenters. The second-order valence-electron chi connectivity index (χ2n) is 2.37. The lowest BCUT2D eigenvalue weighted by molar-refractivity contribution is -0.135. The number of hydrogen-bond donors (Lipinski definition) is 0. The predicted octanol–water partition coefficient (Wildman–Crippen LogP) is 0.880. The minimum atomic E-state index is -0.425. The van der Waals surface area contributed by atoms with Crippen molar-refractivity contribution in [3.8, 4) is 0 Å². The summed E-state index contributed by atoms with van der Waals surface area (Å²) in [6.45, 7) is 3.93. The smallest absolute Gasteiger partial charge is 0.392 e. The summed E-state index contributed by atoms with van der Waals surface area (Å²) in [6, 6.07) is -0.425. The number of carbonyl (C=O) groups excluding carboxylic acids is 1. The van der Waals surface area contributed by atoms with Crippen molar-refractivity contribution in [3.63, 3.8) is 0 Å². The molecule has 0 amide bonds. The number of nitrogens with zero attached hydrogens (tertiary/aromatic N) is 1. The van der Waals surface area contributed by atoms with Crippen LogP contribution in [-0.4, -0.2) is 24.7 Å². The predicted molar refractivity (Wildman–Crippen MR) is 43.8 cm³/mol. The first kappa shape index (κ1) is 8.77. The number of carbonyl (C=O) groups is 1. The molecule has 66 valence electrons. The fraction of sp³-hybridized carbons (Fsp3) is 0.500. The molecule has 4 heteroatoms. The Kier molecular flexibility index (Phi) is 2.85. The van der Waals surface area contributed by atoms with E-state index in [4.69, 9.17) is 4.74 Å². The Bertz CT molecular complexity index is 232. The molecule has 0 saturated heterocycles. The minimum Gasteiger partial charge on any atom is -0.446 e. The first-order valence-corrected chi connectivity index (χ1v) is 3.77. The topological polar surface area (TPSA) is 47.9 Å². The van der Waals surface area contributed by atoms with Crippen LogP contribution in [0.15, 0.2) is 17.1 Å². The van der Waals surface area contributed by atoms with Crippen molar-refractivity contribution in [1.82, 2.24) is 0 Å². The number of aliphatic imine (C=N–C) groups is 1. The van der Waals surface area contributed by atoms with Crippen molar-refractivity contribution >= 4 is 12.1 Å². The van der Waals surface area contributed by atoms with Gasteiger partial charge >= 0.3 is 12.1 Å². The molecule has 12 heavy (non-hydrogen) atoms. The number of hydrogen-bond acceptors (Lipinski definition) is 4. The Hall–Kier alpha value is -1.32. The van der Waals surface area contributed by atoms with E-state index in [-0.39, 0.29) is 12.1 Å². The van der Waals surface area contributed by atoms with Crippen LogP contribution in [0, 0.1) is 0 Å². The SMILES string of the molecule is CC=CCOC1=NC(C)C(=O)O1. The Labute approximate surface area is 70.9 Å². The molecule has 1 aliphatic heterocycles. The molecular formula is C8H11NO3. The maximum Gasteiger partial charge on any atom is 0.392 e. The molecule has 0 N–H and O–H groups in total. The molecule has 0 aliphatic carbocycles. The van der Waals surface area contributed by atoms with Gasteiger partial charge in [0.2, 0.25) is 0 Å². The van der Waals surface area contributed by atoms with Gasteiger partial charge in [-0.15, -0.1) is 0 Å². The third-order valence-electron chi connectivity index (χ3n) is 1.37. The molecule has 1 atom stereocenters. The molecule has 1 heterocycles. The van der Waals surface area contributed by atoms with Crippen molar-refractivity contribution in [1.29, 1.82) is 0 Å². The van der Waals surface area contributed by atoms with E-state index in [1.165, 1.54) is 0 Å². The fourth-order valence-corrected chi connectivity index (χ4v) is 0.691. The Morgan fingerprint density at radius 2 is 2.50 bits per heavy atom. The van der Waals surface area contributed by atoms with Gasteiger partial charge < -0.3 is 9.47 Å². The molecule has 0 aromatic heterocycles. The number of allylic oxidation sites excluding steroid dienone is 1. The highest BCUT2D eigenvalue weighted by atomic mass is 16.7. The second kappa shape index (κ2) is 3.90. The molecule has 0 bridgehead atoms. The zero-order valence-corrected chi connectivity index (χ0v) is 7.11. The summed E-state index contributed by atoms with van der Waals surface area (Å²) in [5.74, 6) is -0.356. The van der Waals surface area contributed by atoms with Crippen molar-refractivity contribution in [3.05, 3.63) is 12.2 Å². The van der Waals surface area contributed by atoms with Gasteiger partial charge in [-0.1, -0.05) is 12.2 Å². The monoisotopic (exact) mass is 169 g/mol. The van der Waals surface area contributed by atoms with Crippen LogP contribution in [0.2, 0.25) is 0 Å². The van der Waals surface area contributed by atoms with E-state index in [1.54, 1.807) is 13.0 Å². The van der Waals surface area contributed by atoms with Gasteiger partial charge in [0.05, 0.1) is 0 Å². The average molecular weight is 169 g/mol. The molecule has 0 spiro atoms. The summed E-state index contributed by atoms with van der Waals surface area (Å²) in [6.07, 6.45) is 3.73. The Morgan fingerprint density at radius 3 is 3.00 bits per heavy atom. The summed E-state index contributed by atoms with van der Waals surface area (Å²) in [4.78, 5) is 14.6. The van der Waals surface area contributed by atoms with Crippen LogP contribution >= 0.6 is 0 Å². The van der Waals surface area contributed by atoms with Crippen LogP contribution in [0.4, 0.5) is 0 Å². The Balaban J connectivity index is 2.35. The van der Waals surface area contributed by atoms with Gasteiger partial charge in [0.15, 0.2) is 6.04 Å². The van der Waals surface area contributed by atoms with Crippen LogP contribution in [0.5, 0.6) is 0 Å². The highest BCUT2D eigenvalue weighted by Gasteiger charge is 2.25. The van der Waals surface area contributed by atoms with Gasteiger partial charge in [-0.2, -0.15) is 0 Å². The highest BCUT2D eigenvalue weighted by Crippen LogP contribution is 2.05. The first-order valence-electron chi connectivity index (χ1n) is 3.77. The number of esters is 1. The van der Waals surface area contributed by atoms with Crippen LogP contribution in [0.1, 0.15) is 13.8 Å². The van der Waals surface area contributed by atoms with Crippen LogP contribution < -0.4 is 0 Å². The summed E-state index contributed by atoms with van der Waals surface area (Å²) >= 11 is 0. The van der Waals surface area contributed by atoms with Gasteiger partial charge in [-0.3, -0.25) is 0 Å². The fourth-order valence-electron chi connectivity index (χ4n) is 0.691. The van der Waals surface area contributed by atoms with E-state index >= 15 is 0 Å². The number of rotatable bonds is 2. The molecule has 0 aromatic rings. The van der Waals surface area contributed by atoms with Gasteiger partial charge in [-0.05, 0) is 13.8 Å². The molecule has 0 fully saturated rings. The van der Waals surface area contributed by atoms with Crippen molar-refractivity contribution in [2.75, 3.05) is 6.61 Å². The van der Waals surface area contributed by atoms with E-state index in [0.717, 1.165) is 0 Å². The van der Waals surface area contributed by atoms with E-state index in [1.807, 2.05) is 13.0 Å². The minimum absolute atomic E-state index is 0.0746. The highest BCUT2D eigenvalue weighted by molar-refractivity contribution is 5.93. The van der Waals surface area contributed by atoms with Gasteiger partial charge in [0.1, 0.15) is 6.61 Å². The zero-order valence-electron chi connectivity index (χ0n) is 7.11. The molecule has 4 nitrogen and oxygen atoms in total. The van der Waals surface area contributed by atoms with Crippen molar-refractivity contribution < 1.29 is 14.3 Å². The Morgan fingerprint density at radius 1 is 1.75 bits per heavy atom. The standard InChI is InChI=1S/C8H11NO3/c1-3-4-5-11-8-9-6(2)7(10)12-8/h3-4,6H,5H2,1-2H3. The van der Waals surface area contributed by atoms with Gasteiger partial charge in [0, 0.05) is 0 Å². The number of ether oxygens (including phenoxy) is 2. The lowest BCUT2D eigenvalue weighted by Gasteiger charge is -1.98. The molecule has 1 rings (SSSR count). The summed E-state index contributed by atoms with van der Waals surface area (Å²) in [5.41, 5.74) is 0. The summed E-state index contributed by atoms with van der Waals surface area (Å²) in [7, 11) is 0. The quantitative estimate of drug-likeness (QED) is 0.455. The first-order chi connectivity index (χ1) is 5.74. The zero-order chi connectivity index (χ0) is 8.97. The number of cyclic esters (lactones) is 1. The van der Waals surface area contributed by atoms with Crippen molar-refractivity contribution in [2.24, 2.45) is 4.99 Å². The summed E-state index contributed by atoms with van der Waals surface area (Å²) in [5, 5.41) is 0. The van der Waals surface area contributed by atoms with Crippen LogP contribution in [-0.2, 0) is 14.3 Å². The van der Waals surface area contributed by atoms with Crippen molar-refractivity contribution in [2.45, 2.75) is 19.9 Å². The normalized spacial score (nSPS) is 22.7. The van der Waals surface area contributed by atoms with E-state index in [0.29, 0.717) is 6.61 Å². The lowest BCUT2D eigenvalue weighted by atomic mass is 10.4. The maximum atomic E-state index is 10.8. The third kappa shape index (κ3) is 2.08. The lowest BCUT2D eigenvalue weighted by Crippen LogP contribution is -2.11. The maximum absolute atomic E-state index is 10.8. The van der Waals surface area contributed by atoms with E-state index in [9.17, 15) is 4.79 Å². The average Bonchev–Trinajstić information content (AvgIpc) is 2.32. The molecule has 0 aromatic carbocycles. The second-order valence-corrected chi connectivity index (χ2v) is 2.37. The molecular weight excluding hydrogens is 158 g/mol. The van der Waals surface area contributed by atoms with E-state index in [2.05, 4.69) is 9.73 Å². The van der Waals surface area contributed by atoms with Crippen LogP contribution in [0.25, 0.3) is 0 Å². The van der Waals surface area contributed by atoms with Crippen LogP contribution in [0.3, 0.4) is 0 Å². The van der Waals surface area contributed by atoms with Gasteiger partial charge in [-0.25, -0.2) is 9.79 Å². The third-order valence-corrected chi connectivity index (χ3v) is 1.37. The van der Waals surface area contributed by atoms with Gasteiger partial charge in [0.25, 0.3) is 0 Å². The molecule has 0 saturated carbocycles. The summed E-state index contributed by atoms with van der Waals surface area (Å²) < 4.78 is 9.68. The molecule has 1 aliphatic rings.